The van der Waals surface area contributed by atoms with Gasteiger partial charge in [-0.3, -0.25) is 9.59 Å². The fraction of sp³-hybridized carbons (Fsp3) is 0.391. The highest BCUT2D eigenvalue weighted by Gasteiger charge is 2.23. The number of amides is 1. The molecule has 2 rings (SSSR count). The number of anilines is 1. The first-order valence-electron chi connectivity index (χ1n) is 10.0. The second-order valence-corrected chi connectivity index (χ2v) is 9.25. The second-order valence-electron chi connectivity index (χ2n) is 7.55. The molecule has 0 atom stereocenters. The number of sulfonamides is 1. The number of ether oxygens (including phenoxy) is 1. The smallest absolute Gasteiger partial charge is 0.307 e. The maximum absolute atomic E-state index is 12.9. The monoisotopic (exact) mass is 446 g/mol. The van der Waals surface area contributed by atoms with Gasteiger partial charge in [-0.05, 0) is 74.6 Å². The summed E-state index contributed by atoms with van der Waals surface area (Å²) in [7, 11) is -2.20. The normalized spacial score (nSPS) is 11.3. The first-order valence-corrected chi connectivity index (χ1v) is 11.5. The van der Waals surface area contributed by atoms with Gasteiger partial charge in [0, 0.05) is 19.3 Å². The predicted molar refractivity (Wildman–Crippen MR) is 121 cm³/mol. The van der Waals surface area contributed by atoms with Gasteiger partial charge in [0.2, 0.25) is 10.0 Å². The third-order valence-electron chi connectivity index (χ3n) is 5.70. The average molecular weight is 447 g/mol. The van der Waals surface area contributed by atoms with Crippen LogP contribution in [-0.2, 0) is 24.3 Å². The van der Waals surface area contributed by atoms with Gasteiger partial charge in [0.25, 0.3) is 5.91 Å². The Hall–Kier alpha value is -2.71. The lowest BCUT2D eigenvalue weighted by Gasteiger charge is -2.19. The van der Waals surface area contributed by atoms with Crippen LogP contribution in [0.15, 0.2) is 35.2 Å². The van der Waals surface area contributed by atoms with Gasteiger partial charge in [-0.15, -0.1) is 0 Å². The summed E-state index contributed by atoms with van der Waals surface area (Å²) in [6.07, 6.45) is -0.177. The minimum Gasteiger partial charge on any atom is -0.456 e. The highest BCUT2D eigenvalue weighted by atomic mass is 32.2. The molecule has 0 aliphatic carbocycles. The highest BCUT2D eigenvalue weighted by molar-refractivity contribution is 7.89. The molecule has 0 radical (unpaired) electrons. The number of rotatable bonds is 8. The zero-order valence-corrected chi connectivity index (χ0v) is 19.7. The molecular formula is C23H30N2O5S. The number of hydrogen-bond donors (Lipinski definition) is 1. The molecule has 168 valence electrons. The molecule has 0 bridgehead atoms. The molecule has 0 aliphatic heterocycles. The minimum absolute atomic E-state index is 0.116. The summed E-state index contributed by atoms with van der Waals surface area (Å²) >= 11 is 0. The Morgan fingerprint density at radius 3 is 1.97 bits per heavy atom. The van der Waals surface area contributed by atoms with E-state index in [0.717, 1.165) is 16.7 Å². The van der Waals surface area contributed by atoms with E-state index in [0.29, 0.717) is 16.8 Å². The molecule has 7 nitrogen and oxygen atoms in total. The van der Waals surface area contributed by atoms with E-state index in [1.807, 2.05) is 26.8 Å². The quantitative estimate of drug-likeness (QED) is 0.629. The van der Waals surface area contributed by atoms with Crippen LogP contribution < -0.4 is 9.62 Å². The number of nitrogens with zero attached hydrogens (tertiary/aromatic N) is 1. The van der Waals surface area contributed by atoms with Gasteiger partial charge in [0.15, 0.2) is 6.61 Å². The molecule has 0 aliphatic rings. The number of benzene rings is 2. The van der Waals surface area contributed by atoms with E-state index in [1.54, 1.807) is 45.2 Å². The van der Waals surface area contributed by atoms with E-state index in [4.69, 9.17) is 4.74 Å². The lowest BCUT2D eigenvalue weighted by atomic mass is 9.95. The van der Waals surface area contributed by atoms with Crippen molar-refractivity contribution in [3.63, 3.8) is 0 Å². The summed E-state index contributed by atoms with van der Waals surface area (Å²) in [6, 6.07) is 8.99. The van der Waals surface area contributed by atoms with E-state index in [1.165, 1.54) is 4.90 Å². The SMILES string of the molecule is Cc1c(C)c(C)c(S(=O)(=O)NCCC(=O)OCC(=O)N(C)c2ccccc2)c(C)c1C. The molecule has 0 saturated heterocycles. The zero-order chi connectivity index (χ0) is 23.3. The van der Waals surface area contributed by atoms with Crippen LogP contribution in [0.3, 0.4) is 0 Å². The number of likely N-dealkylation sites (N-methyl/N-ethyl adjacent to an activating group) is 1. The average Bonchev–Trinajstić information content (AvgIpc) is 2.74. The summed E-state index contributed by atoms with van der Waals surface area (Å²) < 4.78 is 33.2. The predicted octanol–water partition coefficient (Wildman–Crippen LogP) is 3.10. The molecular weight excluding hydrogens is 416 g/mol. The number of esters is 1. The van der Waals surface area contributed by atoms with Gasteiger partial charge in [0.1, 0.15) is 0 Å². The molecule has 0 spiro atoms. The maximum atomic E-state index is 12.9. The Labute approximate surface area is 184 Å². The molecule has 2 aromatic carbocycles. The number of carbonyl (C=O) groups excluding carboxylic acids is 2. The fourth-order valence-electron chi connectivity index (χ4n) is 3.34. The van der Waals surface area contributed by atoms with E-state index in [-0.39, 0.29) is 23.8 Å². The third-order valence-corrected chi connectivity index (χ3v) is 7.43. The van der Waals surface area contributed by atoms with E-state index >= 15 is 0 Å². The van der Waals surface area contributed by atoms with Gasteiger partial charge >= 0.3 is 5.97 Å². The molecule has 2 aromatic rings. The molecule has 0 saturated carbocycles. The van der Waals surface area contributed by atoms with Crippen molar-refractivity contribution in [2.75, 3.05) is 25.1 Å². The molecule has 0 unspecified atom stereocenters. The first-order chi connectivity index (χ1) is 14.5. The van der Waals surface area contributed by atoms with Crippen LogP contribution >= 0.6 is 0 Å². The number of hydrogen-bond acceptors (Lipinski definition) is 5. The van der Waals surface area contributed by atoms with Crippen LogP contribution in [0.1, 0.15) is 34.2 Å². The summed E-state index contributed by atoms with van der Waals surface area (Å²) in [4.78, 5) is 25.8. The van der Waals surface area contributed by atoms with Gasteiger partial charge in [-0.2, -0.15) is 0 Å². The third kappa shape index (κ3) is 5.71. The van der Waals surface area contributed by atoms with Gasteiger partial charge in [-0.1, -0.05) is 18.2 Å². The Bertz CT molecular complexity index is 1050. The van der Waals surface area contributed by atoms with Crippen LogP contribution in [0, 0.1) is 34.6 Å². The fourth-order valence-corrected chi connectivity index (χ4v) is 4.96. The summed E-state index contributed by atoms with van der Waals surface area (Å²) in [5.41, 5.74) is 5.02. The lowest BCUT2D eigenvalue weighted by molar-refractivity contribution is -0.147. The number of carbonyl (C=O) groups is 2. The van der Waals surface area contributed by atoms with Crippen molar-refractivity contribution < 1.29 is 22.7 Å². The molecule has 0 aromatic heterocycles. The zero-order valence-electron chi connectivity index (χ0n) is 18.9. The van der Waals surface area contributed by atoms with Crippen LogP contribution in [0.25, 0.3) is 0 Å². The van der Waals surface area contributed by atoms with E-state index in [2.05, 4.69) is 4.72 Å². The van der Waals surface area contributed by atoms with Gasteiger partial charge in [-0.25, -0.2) is 13.1 Å². The highest BCUT2D eigenvalue weighted by Crippen LogP contribution is 2.29. The minimum atomic E-state index is -3.79. The molecule has 1 amide bonds. The lowest BCUT2D eigenvalue weighted by Crippen LogP contribution is -2.32. The Kier molecular flexibility index (Phi) is 7.97. The summed E-state index contributed by atoms with van der Waals surface area (Å²) in [5, 5.41) is 0. The van der Waals surface area contributed by atoms with Crippen molar-refractivity contribution in [1.82, 2.24) is 4.72 Å². The second kappa shape index (κ2) is 10.1. The topological polar surface area (TPSA) is 92.8 Å². The summed E-state index contributed by atoms with van der Waals surface area (Å²) in [6.45, 7) is 8.81. The van der Waals surface area contributed by atoms with Crippen molar-refractivity contribution in [1.29, 1.82) is 0 Å². The van der Waals surface area contributed by atoms with E-state index < -0.39 is 22.6 Å². The number of nitrogens with one attached hydrogen (secondary N) is 1. The maximum Gasteiger partial charge on any atom is 0.307 e. The molecule has 8 heteroatoms. The van der Waals surface area contributed by atoms with Crippen molar-refractivity contribution in [2.45, 2.75) is 45.9 Å². The largest absolute Gasteiger partial charge is 0.456 e. The molecule has 0 fully saturated rings. The van der Waals surface area contributed by atoms with Crippen LogP contribution in [0.4, 0.5) is 5.69 Å². The van der Waals surface area contributed by atoms with Crippen LogP contribution in [0.5, 0.6) is 0 Å². The van der Waals surface area contributed by atoms with Crippen molar-refractivity contribution in [3.05, 3.63) is 58.1 Å². The molecule has 1 N–H and O–H groups in total. The standard InChI is InChI=1S/C23H30N2O5S/c1-15-16(2)18(4)23(19(5)17(15)3)31(28,29)24-13-12-22(27)30-14-21(26)25(6)20-10-8-7-9-11-20/h7-11,24H,12-14H2,1-6H3. The van der Waals surface area contributed by atoms with Crippen molar-refractivity contribution in [3.8, 4) is 0 Å². The van der Waals surface area contributed by atoms with Gasteiger partial charge < -0.3 is 9.64 Å². The Morgan fingerprint density at radius 1 is 0.903 bits per heavy atom. The van der Waals surface area contributed by atoms with Crippen LogP contribution in [0.2, 0.25) is 0 Å². The van der Waals surface area contributed by atoms with E-state index in [9.17, 15) is 18.0 Å². The number of para-hydroxylation sites is 1. The Morgan fingerprint density at radius 2 is 1.42 bits per heavy atom. The van der Waals surface area contributed by atoms with Crippen LogP contribution in [-0.4, -0.2) is 40.5 Å². The summed E-state index contributed by atoms with van der Waals surface area (Å²) in [5.74, 6) is -1.03. The van der Waals surface area contributed by atoms with Crippen molar-refractivity contribution >= 4 is 27.6 Å². The molecule has 31 heavy (non-hydrogen) atoms. The molecule has 0 heterocycles. The van der Waals surface area contributed by atoms with Crippen molar-refractivity contribution in [2.24, 2.45) is 0 Å². The Balaban J connectivity index is 1.93. The first kappa shape index (κ1) is 24.6. The van der Waals surface area contributed by atoms with Gasteiger partial charge in [0.05, 0.1) is 11.3 Å².